The third-order valence-electron chi connectivity index (χ3n) is 3.00. The molecule has 0 saturated carbocycles. The average Bonchev–Trinajstić information content (AvgIpc) is 2.44. The Hall–Kier alpha value is -1.46. The number of ether oxygens (including phenoxy) is 1. The van der Waals surface area contributed by atoms with Crippen LogP contribution in [-0.4, -0.2) is 31.0 Å². The van der Waals surface area contributed by atoms with Crippen molar-refractivity contribution in [2.75, 3.05) is 19.9 Å². The first-order valence-corrected chi connectivity index (χ1v) is 7.44. The highest BCUT2D eigenvalue weighted by molar-refractivity contribution is 6.32. The van der Waals surface area contributed by atoms with E-state index in [0.717, 1.165) is 35.4 Å². The zero-order valence-electron chi connectivity index (χ0n) is 12.5. The number of aliphatic hydroxyl groups is 1. The van der Waals surface area contributed by atoms with E-state index in [1.54, 1.807) is 0 Å². The molecule has 2 amide bonds. The smallest absolute Gasteiger partial charge is 0.317 e. The van der Waals surface area contributed by atoms with Crippen LogP contribution in [0, 0.1) is 13.8 Å². The minimum Gasteiger partial charge on any atom is -0.473 e. The van der Waals surface area contributed by atoms with Gasteiger partial charge in [0.25, 0.3) is 0 Å². The number of nitrogens with one attached hydrogen (secondary N) is 2. The van der Waals surface area contributed by atoms with Crippen molar-refractivity contribution in [1.29, 1.82) is 0 Å². The first-order valence-electron chi connectivity index (χ1n) is 7.06. The molecule has 0 aromatic heterocycles. The van der Waals surface area contributed by atoms with Crippen LogP contribution in [0.1, 0.15) is 30.4 Å². The zero-order valence-corrected chi connectivity index (χ0v) is 13.3. The van der Waals surface area contributed by atoms with Crippen molar-refractivity contribution in [3.8, 4) is 5.75 Å². The van der Waals surface area contributed by atoms with Crippen LogP contribution in [-0.2, 0) is 0 Å². The Balaban J connectivity index is 2.22. The predicted molar refractivity (Wildman–Crippen MR) is 83.9 cm³/mol. The monoisotopic (exact) mass is 314 g/mol. The summed E-state index contributed by atoms with van der Waals surface area (Å²) in [5.74, 6) is 0.678. The van der Waals surface area contributed by atoms with Crippen LogP contribution in [0.25, 0.3) is 0 Å². The van der Waals surface area contributed by atoms with Crippen molar-refractivity contribution in [2.24, 2.45) is 0 Å². The Morgan fingerprint density at radius 2 is 1.86 bits per heavy atom. The number of unbranched alkanes of at least 4 members (excludes halogenated alkanes) is 2. The highest BCUT2D eigenvalue weighted by Gasteiger charge is 2.04. The second-order valence-electron chi connectivity index (χ2n) is 4.88. The molecule has 1 aromatic carbocycles. The van der Waals surface area contributed by atoms with Crippen molar-refractivity contribution in [1.82, 2.24) is 10.6 Å². The van der Waals surface area contributed by atoms with Crippen molar-refractivity contribution >= 4 is 17.6 Å². The van der Waals surface area contributed by atoms with Crippen molar-refractivity contribution < 1.29 is 14.6 Å². The molecule has 1 aromatic rings. The fourth-order valence-electron chi connectivity index (χ4n) is 1.85. The first kappa shape index (κ1) is 17.6. The maximum absolute atomic E-state index is 11.5. The third-order valence-corrected chi connectivity index (χ3v) is 3.60. The topological polar surface area (TPSA) is 70.6 Å². The maximum Gasteiger partial charge on any atom is 0.317 e. The second kappa shape index (κ2) is 9.47. The van der Waals surface area contributed by atoms with Crippen LogP contribution in [0.4, 0.5) is 4.79 Å². The Labute approximate surface area is 130 Å². The van der Waals surface area contributed by atoms with Gasteiger partial charge in [0.05, 0.1) is 0 Å². The predicted octanol–water partition coefficient (Wildman–Crippen LogP) is 2.75. The zero-order chi connectivity index (χ0) is 15.7. The van der Waals surface area contributed by atoms with Crippen LogP contribution < -0.4 is 15.4 Å². The maximum atomic E-state index is 11.5. The summed E-state index contributed by atoms with van der Waals surface area (Å²) >= 11 is 6.08. The van der Waals surface area contributed by atoms with Crippen LogP contribution in [0.2, 0.25) is 5.02 Å². The van der Waals surface area contributed by atoms with Gasteiger partial charge in [-0.1, -0.05) is 11.6 Å². The Morgan fingerprint density at radius 3 is 2.48 bits per heavy atom. The summed E-state index contributed by atoms with van der Waals surface area (Å²) in [5, 5.41) is 14.7. The fraction of sp³-hybridized carbons (Fsp3) is 0.533. The van der Waals surface area contributed by atoms with Gasteiger partial charge in [-0.25, -0.2) is 4.79 Å². The molecule has 0 aliphatic rings. The number of benzene rings is 1. The quantitative estimate of drug-likeness (QED) is 0.510. The van der Waals surface area contributed by atoms with E-state index in [4.69, 9.17) is 21.4 Å². The van der Waals surface area contributed by atoms with Gasteiger partial charge in [0, 0.05) is 18.2 Å². The molecule has 1 rings (SSSR count). The molecule has 0 radical (unpaired) electrons. The lowest BCUT2D eigenvalue weighted by Crippen LogP contribution is -2.38. The SMILES string of the molecule is Cc1cc(OCNC(=O)NCCCCCO)cc(C)c1Cl. The lowest BCUT2D eigenvalue weighted by atomic mass is 10.1. The Morgan fingerprint density at radius 1 is 1.19 bits per heavy atom. The van der Waals surface area contributed by atoms with E-state index in [-0.39, 0.29) is 19.4 Å². The van der Waals surface area contributed by atoms with E-state index in [0.29, 0.717) is 12.3 Å². The molecule has 0 unspecified atom stereocenters. The lowest BCUT2D eigenvalue weighted by Gasteiger charge is -2.11. The molecule has 0 bridgehead atoms. The van der Waals surface area contributed by atoms with E-state index in [2.05, 4.69) is 10.6 Å². The summed E-state index contributed by atoms with van der Waals surface area (Å²) in [6.07, 6.45) is 2.52. The van der Waals surface area contributed by atoms with Crippen LogP contribution >= 0.6 is 11.6 Å². The summed E-state index contributed by atoms with van der Waals surface area (Å²) in [5.41, 5.74) is 1.89. The van der Waals surface area contributed by atoms with Crippen molar-refractivity contribution in [3.63, 3.8) is 0 Å². The Bertz CT molecular complexity index is 443. The summed E-state index contributed by atoms with van der Waals surface area (Å²) < 4.78 is 5.47. The molecular formula is C15H23ClN2O3. The number of aliphatic hydroxyl groups excluding tert-OH is 1. The lowest BCUT2D eigenvalue weighted by molar-refractivity contribution is 0.223. The summed E-state index contributed by atoms with van der Waals surface area (Å²) in [7, 11) is 0. The number of hydrogen-bond acceptors (Lipinski definition) is 3. The molecular weight excluding hydrogens is 292 g/mol. The molecule has 5 nitrogen and oxygen atoms in total. The minimum atomic E-state index is -0.263. The fourth-order valence-corrected chi connectivity index (χ4v) is 1.96. The number of halogens is 1. The summed E-state index contributed by atoms with van der Waals surface area (Å²) in [6, 6.07) is 3.41. The van der Waals surface area contributed by atoms with E-state index < -0.39 is 0 Å². The number of hydrogen-bond donors (Lipinski definition) is 3. The standard InChI is InChI=1S/C15H23ClN2O3/c1-11-8-13(9-12(2)14(11)16)21-10-18-15(20)17-6-4-3-5-7-19/h8-9,19H,3-7,10H2,1-2H3,(H2,17,18,20). The molecule has 6 heteroatoms. The number of rotatable bonds is 8. The van der Waals surface area contributed by atoms with Gasteiger partial charge in [0.2, 0.25) is 0 Å². The van der Waals surface area contributed by atoms with Gasteiger partial charge in [-0.2, -0.15) is 0 Å². The average molecular weight is 315 g/mol. The molecule has 21 heavy (non-hydrogen) atoms. The van der Waals surface area contributed by atoms with E-state index >= 15 is 0 Å². The molecule has 0 atom stereocenters. The number of aryl methyl sites for hydroxylation is 2. The first-order chi connectivity index (χ1) is 10.0. The molecule has 0 fully saturated rings. The summed E-state index contributed by atoms with van der Waals surface area (Å²) in [4.78, 5) is 11.5. The van der Waals surface area contributed by atoms with Gasteiger partial charge in [-0.05, 0) is 56.4 Å². The van der Waals surface area contributed by atoms with Gasteiger partial charge >= 0.3 is 6.03 Å². The molecule has 3 N–H and O–H groups in total. The van der Waals surface area contributed by atoms with E-state index in [1.165, 1.54) is 0 Å². The number of carbonyl (C=O) groups excluding carboxylic acids is 1. The van der Waals surface area contributed by atoms with E-state index in [1.807, 2.05) is 26.0 Å². The molecule has 0 spiro atoms. The van der Waals surface area contributed by atoms with Gasteiger partial charge in [-0.15, -0.1) is 0 Å². The minimum absolute atomic E-state index is 0.100. The highest BCUT2D eigenvalue weighted by atomic mass is 35.5. The largest absolute Gasteiger partial charge is 0.473 e. The third kappa shape index (κ3) is 6.69. The summed E-state index contributed by atoms with van der Waals surface area (Å²) in [6.45, 7) is 4.71. The second-order valence-corrected chi connectivity index (χ2v) is 5.25. The van der Waals surface area contributed by atoms with Crippen LogP contribution in [0.3, 0.4) is 0 Å². The molecule has 118 valence electrons. The van der Waals surface area contributed by atoms with Crippen LogP contribution in [0.5, 0.6) is 5.75 Å². The van der Waals surface area contributed by atoms with Gasteiger partial charge in [0.1, 0.15) is 5.75 Å². The van der Waals surface area contributed by atoms with Crippen molar-refractivity contribution in [3.05, 3.63) is 28.3 Å². The molecule has 0 aliphatic heterocycles. The number of carbonyl (C=O) groups is 1. The van der Waals surface area contributed by atoms with Gasteiger partial charge in [0.15, 0.2) is 6.73 Å². The van der Waals surface area contributed by atoms with Gasteiger partial charge in [-0.3, -0.25) is 0 Å². The highest BCUT2D eigenvalue weighted by Crippen LogP contribution is 2.25. The van der Waals surface area contributed by atoms with E-state index in [9.17, 15) is 4.79 Å². The number of amides is 2. The normalized spacial score (nSPS) is 10.3. The number of urea groups is 1. The van der Waals surface area contributed by atoms with Crippen molar-refractivity contribution in [2.45, 2.75) is 33.1 Å². The molecule has 0 saturated heterocycles. The molecule has 0 aliphatic carbocycles. The van der Waals surface area contributed by atoms with Gasteiger partial charge < -0.3 is 20.5 Å². The molecule has 0 heterocycles. The van der Waals surface area contributed by atoms with Crippen LogP contribution in [0.15, 0.2) is 12.1 Å². The Kier molecular flexibility index (Phi) is 7.93.